The van der Waals surface area contributed by atoms with E-state index in [-0.39, 0.29) is 0 Å². The first-order chi connectivity index (χ1) is 9.01. The first-order valence-electron chi connectivity index (χ1n) is 8.46. The third-order valence-electron chi connectivity index (χ3n) is 5.67. The lowest BCUT2D eigenvalue weighted by Crippen LogP contribution is -2.59. The van der Waals surface area contributed by atoms with Gasteiger partial charge in [0.15, 0.2) is 0 Å². The molecule has 1 unspecified atom stereocenters. The Morgan fingerprint density at radius 1 is 1.16 bits per heavy atom. The second kappa shape index (κ2) is 6.13. The second-order valence-electron chi connectivity index (χ2n) is 7.84. The van der Waals surface area contributed by atoms with Crippen LogP contribution in [0, 0.1) is 11.3 Å². The standard InChI is InChI=1S/C17H34N2/c1-4-6-15-7-11-19(12-8-15)17(14-18)10-5-9-16(2,3)13-17/h15H,4-14,18H2,1-3H3. The third kappa shape index (κ3) is 3.52. The van der Waals surface area contributed by atoms with Gasteiger partial charge in [0.05, 0.1) is 0 Å². The number of nitrogens with two attached hydrogens (primary N) is 1. The number of rotatable bonds is 4. The molecule has 0 bridgehead atoms. The van der Waals surface area contributed by atoms with Crippen molar-refractivity contribution in [1.82, 2.24) is 4.90 Å². The van der Waals surface area contributed by atoms with Gasteiger partial charge in [-0.3, -0.25) is 4.90 Å². The minimum absolute atomic E-state index is 0.318. The Morgan fingerprint density at radius 3 is 2.37 bits per heavy atom. The van der Waals surface area contributed by atoms with Crippen LogP contribution in [-0.4, -0.2) is 30.1 Å². The van der Waals surface area contributed by atoms with E-state index in [1.54, 1.807) is 0 Å². The van der Waals surface area contributed by atoms with Crippen LogP contribution in [0.3, 0.4) is 0 Å². The van der Waals surface area contributed by atoms with E-state index in [2.05, 4.69) is 25.7 Å². The molecule has 0 radical (unpaired) electrons. The van der Waals surface area contributed by atoms with Crippen molar-refractivity contribution in [3.63, 3.8) is 0 Å². The topological polar surface area (TPSA) is 29.3 Å². The number of hydrogen-bond acceptors (Lipinski definition) is 2. The van der Waals surface area contributed by atoms with E-state index in [0.717, 1.165) is 12.5 Å². The van der Waals surface area contributed by atoms with E-state index in [1.165, 1.54) is 64.5 Å². The Bertz CT molecular complexity index is 279. The highest BCUT2D eigenvalue weighted by atomic mass is 15.2. The van der Waals surface area contributed by atoms with Crippen LogP contribution < -0.4 is 5.73 Å². The lowest BCUT2D eigenvalue weighted by molar-refractivity contribution is -0.0113. The molecule has 1 heterocycles. The summed E-state index contributed by atoms with van der Waals surface area (Å²) in [6.45, 7) is 10.6. The molecule has 2 rings (SSSR count). The molecule has 2 aliphatic rings. The fourth-order valence-electron chi connectivity index (χ4n) is 4.64. The maximum Gasteiger partial charge on any atom is 0.0336 e. The van der Waals surface area contributed by atoms with Crippen LogP contribution in [0.25, 0.3) is 0 Å². The molecule has 2 fully saturated rings. The number of nitrogens with zero attached hydrogens (tertiary/aromatic N) is 1. The molecule has 2 nitrogen and oxygen atoms in total. The van der Waals surface area contributed by atoms with Crippen LogP contribution in [-0.2, 0) is 0 Å². The average Bonchev–Trinajstić information content (AvgIpc) is 2.38. The zero-order valence-corrected chi connectivity index (χ0v) is 13.4. The van der Waals surface area contributed by atoms with Crippen LogP contribution in [0.5, 0.6) is 0 Å². The number of likely N-dealkylation sites (tertiary alicyclic amines) is 1. The maximum atomic E-state index is 6.24. The molecule has 1 atom stereocenters. The second-order valence-corrected chi connectivity index (χ2v) is 7.84. The van der Waals surface area contributed by atoms with Gasteiger partial charge in [0, 0.05) is 12.1 Å². The van der Waals surface area contributed by atoms with Gasteiger partial charge in [0.2, 0.25) is 0 Å². The third-order valence-corrected chi connectivity index (χ3v) is 5.67. The molecule has 112 valence electrons. The average molecular weight is 266 g/mol. The summed E-state index contributed by atoms with van der Waals surface area (Å²) in [5.41, 5.74) is 7.04. The quantitative estimate of drug-likeness (QED) is 0.838. The highest BCUT2D eigenvalue weighted by Gasteiger charge is 2.43. The number of piperidine rings is 1. The van der Waals surface area contributed by atoms with Gasteiger partial charge >= 0.3 is 0 Å². The summed E-state index contributed by atoms with van der Waals surface area (Å²) in [4.78, 5) is 2.76. The normalized spacial score (nSPS) is 33.5. The molecular weight excluding hydrogens is 232 g/mol. The van der Waals surface area contributed by atoms with Crippen molar-refractivity contribution in [2.45, 2.75) is 77.7 Å². The largest absolute Gasteiger partial charge is 0.329 e. The Kier molecular flexibility index (Phi) is 4.94. The molecule has 0 aromatic rings. The van der Waals surface area contributed by atoms with E-state index >= 15 is 0 Å². The molecule has 1 aliphatic carbocycles. The fraction of sp³-hybridized carbons (Fsp3) is 1.00. The number of hydrogen-bond donors (Lipinski definition) is 1. The highest BCUT2D eigenvalue weighted by Crippen LogP contribution is 2.44. The van der Waals surface area contributed by atoms with Crippen LogP contribution in [0.15, 0.2) is 0 Å². The summed E-state index contributed by atoms with van der Waals surface area (Å²) in [7, 11) is 0. The van der Waals surface area contributed by atoms with Crippen LogP contribution in [0.4, 0.5) is 0 Å². The van der Waals surface area contributed by atoms with Gasteiger partial charge in [-0.1, -0.05) is 40.0 Å². The van der Waals surface area contributed by atoms with Crippen molar-refractivity contribution >= 4 is 0 Å². The fourth-order valence-corrected chi connectivity index (χ4v) is 4.64. The Morgan fingerprint density at radius 2 is 1.84 bits per heavy atom. The summed E-state index contributed by atoms with van der Waals surface area (Å²) in [5.74, 6) is 0.979. The summed E-state index contributed by atoms with van der Waals surface area (Å²) in [6.07, 6.45) is 10.9. The SMILES string of the molecule is CCCC1CCN(C2(CN)CCCC(C)(C)C2)CC1. The zero-order valence-electron chi connectivity index (χ0n) is 13.4. The van der Waals surface area contributed by atoms with Crippen molar-refractivity contribution < 1.29 is 0 Å². The molecule has 0 spiro atoms. The van der Waals surface area contributed by atoms with Crippen LogP contribution >= 0.6 is 0 Å². The molecule has 1 saturated carbocycles. The van der Waals surface area contributed by atoms with E-state index in [0.29, 0.717) is 11.0 Å². The van der Waals surface area contributed by atoms with Gasteiger partial charge in [-0.25, -0.2) is 0 Å². The molecular formula is C17H34N2. The predicted molar refractivity (Wildman–Crippen MR) is 83.2 cm³/mol. The van der Waals surface area contributed by atoms with Gasteiger partial charge < -0.3 is 5.73 Å². The molecule has 1 aliphatic heterocycles. The van der Waals surface area contributed by atoms with E-state index in [9.17, 15) is 0 Å². The van der Waals surface area contributed by atoms with Gasteiger partial charge in [-0.05, 0) is 56.5 Å². The van der Waals surface area contributed by atoms with E-state index in [4.69, 9.17) is 5.73 Å². The van der Waals surface area contributed by atoms with Crippen molar-refractivity contribution in [2.24, 2.45) is 17.1 Å². The minimum atomic E-state index is 0.318. The smallest absolute Gasteiger partial charge is 0.0336 e. The Labute approximate surface area is 120 Å². The summed E-state index contributed by atoms with van der Waals surface area (Å²) >= 11 is 0. The zero-order chi connectivity index (χ0) is 13.9. The van der Waals surface area contributed by atoms with Gasteiger partial charge in [-0.15, -0.1) is 0 Å². The summed E-state index contributed by atoms with van der Waals surface area (Å²) < 4.78 is 0. The van der Waals surface area contributed by atoms with Gasteiger partial charge in [0.1, 0.15) is 0 Å². The molecule has 2 N–H and O–H groups in total. The van der Waals surface area contributed by atoms with Crippen molar-refractivity contribution in [3.8, 4) is 0 Å². The molecule has 0 amide bonds. The molecule has 0 aromatic heterocycles. The summed E-state index contributed by atoms with van der Waals surface area (Å²) in [6, 6.07) is 0. The Balaban J connectivity index is 1.98. The van der Waals surface area contributed by atoms with Crippen molar-refractivity contribution in [1.29, 1.82) is 0 Å². The molecule has 1 saturated heterocycles. The van der Waals surface area contributed by atoms with Crippen molar-refractivity contribution in [2.75, 3.05) is 19.6 Å². The predicted octanol–water partition coefficient (Wildman–Crippen LogP) is 3.80. The summed E-state index contributed by atoms with van der Waals surface area (Å²) in [5, 5.41) is 0. The first kappa shape index (κ1) is 15.3. The van der Waals surface area contributed by atoms with Crippen LogP contribution in [0.2, 0.25) is 0 Å². The molecule has 19 heavy (non-hydrogen) atoms. The lowest BCUT2D eigenvalue weighted by atomic mass is 9.67. The maximum absolute atomic E-state index is 6.24. The van der Waals surface area contributed by atoms with Crippen LogP contribution in [0.1, 0.15) is 72.1 Å². The minimum Gasteiger partial charge on any atom is -0.329 e. The Hall–Kier alpha value is -0.0800. The van der Waals surface area contributed by atoms with Gasteiger partial charge in [0.25, 0.3) is 0 Å². The van der Waals surface area contributed by atoms with E-state index < -0.39 is 0 Å². The molecule has 2 heteroatoms. The van der Waals surface area contributed by atoms with E-state index in [1.807, 2.05) is 0 Å². The van der Waals surface area contributed by atoms with Crippen molar-refractivity contribution in [3.05, 3.63) is 0 Å². The lowest BCUT2D eigenvalue weighted by Gasteiger charge is -2.53. The first-order valence-corrected chi connectivity index (χ1v) is 8.46. The van der Waals surface area contributed by atoms with Gasteiger partial charge in [-0.2, -0.15) is 0 Å². The monoisotopic (exact) mass is 266 g/mol. The highest BCUT2D eigenvalue weighted by molar-refractivity contribution is 5.00. The molecule has 0 aromatic carbocycles.